The summed E-state index contributed by atoms with van der Waals surface area (Å²) in [4.78, 5) is 0. The molecule has 0 saturated heterocycles. The SMILES string of the molecule is Fc1ccc(C(c2ccc(Cl)c(Cl)c2)c2ccc(Cl)c(Cl)c2)cc1. The molecule has 0 nitrogen and oxygen atoms in total. The van der Waals surface area contributed by atoms with Crippen molar-refractivity contribution >= 4 is 46.4 Å². The van der Waals surface area contributed by atoms with Gasteiger partial charge in [-0.2, -0.15) is 0 Å². The number of rotatable bonds is 3. The molecule has 0 N–H and O–H groups in total. The van der Waals surface area contributed by atoms with Crippen molar-refractivity contribution in [2.75, 3.05) is 0 Å². The van der Waals surface area contributed by atoms with Gasteiger partial charge in [-0.05, 0) is 53.1 Å². The zero-order chi connectivity index (χ0) is 17.3. The normalized spacial score (nSPS) is 11.1. The van der Waals surface area contributed by atoms with E-state index in [-0.39, 0.29) is 11.7 Å². The molecule has 0 heterocycles. The minimum absolute atomic E-state index is 0.171. The highest BCUT2D eigenvalue weighted by Gasteiger charge is 2.19. The summed E-state index contributed by atoms with van der Waals surface area (Å²) in [6, 6.07) is 17.2. The molecule has 0 saturated carbocycles. The van der Waals surface area contributed by atoms with E-state index in [0.29, 0.717) is 20.1 Å². The third kappa shape index (κ3) is 3.70. The summed E-state index contributed by atoms with van der Waals surface area (Å²) < 4.78 is 13.3. The van der Waals surface area contributed by atoms with Crippen LogP contribution in [0.1, 0.15) is 22.6 Å². The first kappa shape index (κ1) is 17.6. The second-order valence-corrected chi connectivity index (χ2v) is 6.96. The van der Waals surface area contributed by atoms with Gasteiger partial charge in [-0.3, -0.25) is 0 Å². The molecule has 0 radical (unpaired) electrons. The smallest absolute Gasteiger partial charge is 0.123 e. The number of halogens is 5. The van der Waals surface area contributed by atoms with Gasteiger partial charge in [0.05, 0.1) is 20.1 Å². The fourth-order valence-corrected chi connectivity index (χ4v) is 3.23. The maximum Gasteiger partial charge on any atom is 0.123 e. The Morgan fingerprint density at radius 3 is 1.38 bits per heavy atom. The van der Waals surface area contributed by atoms with Crippen molar-refractivity contribution in [1.29, 1.82) is 0 Å². The van der Waals surface area contributed by atoms with Crippen LogP contribution in [-0.4, -0.2) is 0 Å². The van der Waals surface area contributed by atoms with E-state index in [4.69, 9.17) is 46.4 Å². The lowest BCUT2D eigenvalue weighted by molar-refractivity contribution is 0.627. The fourth-order valence-electron chi connectivity index (χ4n) is 2.62. The van der Waals surface area contributed by atoms with Gasteiger partial charge in [0.25, 0.3) is 0 Å². The molecule has 0 unspecified atom stereocenters. The molecule has 3 aromatic rings. The Morgan fingerprint density at radius 1 is 0.542 bits per heavy atom. The predicted octanol–water partition coefficient (Wildman–Crippen LogP) is 7.62. The van der Waals surface area contributed by atoms with Crippen molar-refractivity contribution < 1.29 is 4.39 Å². The Morgan fingerprint density at radius 2 is 0.958 bits per heavy atom. The van der Waals surface area contributed by atoms with E-state index in [9.17, 15) is 4.39 Å². The highest BCUT2D eigenvalue weighted by molar-refractivity contribution is 6.42. The average Bonchev–Trinajstić information content (AvgIpc) is 2.56. The van der Waals surface area contributed by atoms with Gasteiger partial charge in [-0.15, -0.1) is 0 Å². The molecule has 122 valence electrons. The Balaban J connectivity index is 2.17. The molecule has 0 spiro atoms. The summed E-state index contributed by atoms with van der Waals surface area (Å²) in [7, 11) is 0. The summed E-state index contributed by atoms with van der Waals surface area (Å²) in [5.41, 5.74) is 2.76. The molecule has 3 aromatic carbocycles. The first-order chi connectivity index (χ1) is 11.5. The zero-order valence-electron chi connectivity index (χ0n) is 12.2. The van der Waals surface area contributed by atoms with Crippen molar-refractivity contribution in [2.24, 2.45) is 0 Å². The Hall–Kier alpha value is -1.25. The van der Waals surface area contributed by atoms with Gasteiger partial charge in [-0.1, -0.05) is 70.7 Å². The van der Waals surface area contributed by atoms with E-state index in [1.807, 2.05) is 12.1 Å². The predicted molar refractivity (Wildman–Crippen MR) is 100 cm³/mol. The van der Waals surface area contributed by atoms with Crippen LogP contribution in [0.25, 0.3) is 0 Å². The van der Waals surface area contributed by atoms with E-state index in [2.05, 4.69) is 0 Å². The first-order valence-corrected chi connectivity index (χ1v) is 8.62. The molecule has 0 aliphatic carbocycles. The Bertz CT molecular complexity index is 824. The quantitative estimate of drug-likeness (QED) is 0.397. The Labute approximate surface area is 159 Å². The zero-order valence-corrected chi connectivity index (χ0v) is 15.3. The molecule has 0 aliphatic rings. The van der Waals surface area contributed by atoms with Crippen LogP contribution in [0.5, 0.6) is 0 Å². The molecule has 3 rings (SSSR count). The molecular weight excluding hydrogens is 389 g/mol. The van der Waals surface area contributed by atoms with Gasteiger partial charge in [0, 0.05) is 5.92 Å². The lowest BCUT2D eigenvalue weighted by Crippen LogP contribution is -2.04. The summed E-state index contributed by atoms with van der Waals surface area (Å²) in [6.07, 6.45) is 0. The van der Waals surface area contributed by atoms with E-state index >= 15 is 0 Å². The molecule has 0 fully saturated rings. The van der Waals surface area contributed by atoms with Crippen LogP contribution in [0.3, 0.4) is 0 Å². The molecule has 0 atom stereocenters. The van der Waals surface area contributed by atoms with Gasteiger partial charge < -0.3 is 0 Å². The van der Waals surface area contributed by atoms with Crippen molar-refractivity contribution in [2.45, 2.75) is 5.92 Å². The van der Waals surface area contributed by atoms with Crippen LogP contribution in [0, 0.1) is 5.82 Å². The highest BCUT2D eigenvalue weighted by Crippen LogP contribution is 2.37. The molecule has 0 aliphatic heterocycles. The fraction of sp³-hybridized carbons (Fsp3) is 0.0526. The maximum atomic E-state index is 13.3. The average molecular weight is 400 g/mol. The van der Waals surface area contributed by atoms with Crippen molar-refractivity contribution in [1.82, 2.24) is 0 Å². The number of hydrogen-bond acceptors (Lipinski definition) is 0. The summed E-state index contributed by atoms with van der Waals surface area (Å²) in [5.74, 6) is -0.462. The van der Waals surface area contributed by atoms with Crippen LogP contribution in [-0.2, 0) is 0 Å². The molecule has 0 bridgehead atoms. The third-order valence-electron chi connectivity index (χ3n) is 3.76. The lowest BCUT2D eigenvalue weighted by atomic mass is 9.85. The highest BCUT2D eigenvalue weighted by atomic mass is 35.5. The second kappa shape index (κ2) is 7.33. The number of hydrogen-bond donors (Lipinski definition) is 0. The van der Waals surface area contributed by atoms with Gasteiger partial charge in [-0.25, -0.2) is 4.39 Å². The third-order valence-corrected chi connectivity index (χ3v) is 5.24. The largest absolute Gasteiger partial charge is 0.207 e. The Kier molecular flexibility index (Phi) is 5.36. The van der Waals surface area contributed by atoms with E-state index in [1.165, 1.54) is 12.1 Å². The molecule has 5 heteroatoms. The minimum Gasteiger partial charge on any atom is -0.207 e. The first-order valence-electron chi connectivity index (χ1n) is 7.11. The maximum absolute atomic E-state index is 13.3. The monoisotopic (exact) mass is 398 g/mol. The molecule has 24 heavy (non-hydrogen) atoms. The van der Waals surface area contributed by atoms with Crippen LogP contribution in [0.15, 0.2) is 60.7 Å². The van der Waals surface area contributed by atoms with Gasteiger partial charge in [0.2, 0.25) is 0 Å². The van der Waals surface area contributed by atoms with Crippen molar-refractivity contribution in [3.63, 3.8) is 0 Å². The van der Waals surface area contributed by atoms with Crippen LogP contribution in [0.2, 0.25) is 20.1 Å². The van der Waals surface area contributed by atoms with Gasteiger partial charge >= 0.3 is 0 Å². The standard InChI is InChI=1S/C19H11Cl4F/c20-15-7-3-12(9-17(15)22)19(11-1-5-14(24)6-2-11)13-4-8-16(21)18(23)10-13/h1-10,19H. The van der Waals surface area contributed by atoms with E-state index in [1.54, 1.807) is 36.4 Å². The van der Waals surface area contributed by atoms with Crippen molar-refractivity contribution in [3.05, 3.63) is 103 Å². The van der Waals surface area contributed by atoms with Crippen LogP contribution >= 0.6 is 46.4 Å². The summed E-state index contributed by atoms with van der Waals surface area (Å²) >= 11 is 24.4. The minimum atomic E-state index is -0.291. The second-order valence-electron chi connectivity index (χ2n) is 5.33. The molecule has 0 aromatic heterocycles. The van der Waals surface area contributed by atoms with Gasteiger partial charge in [0.15, 0.2) is 0 Å². The van der Waals surface area contributed by atoms with Gasteiger partial charge in [0.1, 0.15) is 5.82 Å². The van der Waals surface area contributed by atoms with E-state index < -0.39 is 0 Å². The molecular formula is C19H11Cl4F. The van der Waals surface area contributed by atoms with Crippen LogP contribution in [0.4, 0.5) is 4.39 Å². The molecule has 0 amide bonds. The van der Waals surface area contributed by atoms with Crippen LogP contribution < -0.4 is 0 Å². The lowest BCUT2D eigenvalue weighted by Gasteiger charge is -2.20. The summed E-state index contributed by atoms with van der Waals surface area (Å²) in [6.45, 7) is 0. The number of benzene rings is 3. The summed E-state index contributed by atoms with van der Waals surface area (Å²) in [5, 5.41) is 1.88. The van der Waals surface area contributed by atoms with Crippen molar-refractivity contribution in [3.8, 4) is 0 Å². The van der Waals surface area contributed by atoms with E-state index in [0.717, 1.165) is 16.7 Å². The topological polar surface area (TPSA) is 0 Å².